The molecule has 84 valence electrons. The summed E-state index contributed by atoms with van der Waals surface area (Å²) < 4.78 is 5.15. The lowest BCUT2D eigenvalue weighted by Crippen LogP contribution is -2.04. The maximum atomic E-state index is 6.16. The molecule has 0 unspecified atom stereocenters. The highest BCUT2D eigenvalue weighted by atomic mass is 35.5. The molecule has 0 amide bonds. The molecule has 0 fully saturated rings. The summed E-state index contributed by atoms with van der Waals surface area (Å²) in [4.78, 5) is 4.98. The van der Waals surface area contributed by atoms with Crippen LogP contribution in [0.15, 0.2) is 45.2 Å². The van der Waals surface area contributed by atoms with E-state index >= 15 is 0 Å². The van der Waals surface area contributed by atoms with Gasteiger partial charge in [-0.3, -0.25) is 0 Å². The number of halogens is 1. The number of nitrogens with one attached hydrogen (secondary N) is 1. The van der Waals surface area contributed by atoms with Crippen molar-refractivity contribution >= 4 is 23.4 Å². The van der Waals surface area contributed by atoms with Crippen LogP contribution in [0.1, 0.15) is 5.56 Å². The Kier molecular flexibility index (Phi) is 3.88. The number of hydrogen-bond acceptors (Lipinski definition) is 4. The van der Waals surface area contributed by atoms with Gasteiger partial charge in [-0.1, -0.05) is 17.7 Å². The minimum absolute atomic E-state index is 0.600. The van der Waals surface area contributed by atoms with Gasteiger partial charge in [0.2, 0.25) is 0 Å². The number of hydrogen-bond donors (Lipinski definition) is 1. The van der Waals surface area contributed by atoms with Gasteiger partial charge in [0.1, 0.15) is 6.26 Å². The van der Waals surface area contributed by atoms with E-state index in [9.17, 15) is 0 Å². The molecule has 5 heteroatoms. The molecule has 1 aromatic carbocycles. The fraction of sp³-hybridized carbons (Fsp3) is 0.182. The topological polar surface area (TPSA) is 38.1 Å². The van der Waals surface area contributed by atoms with E-state index in [1.807, 2.05) is 25.2 Å². The van der Waals surface area contributed by atoms with E-state index in [0.29, 0.717) is 5.22 Å². The van der Waals surface area contributed by atoms with Crippen molar-refractivity contribution in [3.05, 3.63) is 41.2 Å². The normalized spacial score (nSPS) is 10.6. The summed E-state index contributed by atoms with van der Waals surface area (Å²) in [5, 5.41) is 4.40. The van der Waals surface area contributed by atoms with Gasteiger partial charge in [0.15, 0.2) is 0 Å². The van der Waals surface area contributed by atoms with Crippen LogP contribution in [0.25, 0.3) is 0 Å². The monoisotopic (exact) mass is 254 g/mol. The third kappa shape index (κ3) is 2.78. The SMILES string of the molecule is CNCc1ccc(Sc2ncco2)c(Cl)c1. The van der Waals surface area contributed by atoms with Crippen LogP contribution in [0, 0.1) is 0 Å². The van der Waals surface area contributed by atoms with Gasteiger partial charge in [-0.15, -0.1) is 0 Å². The standard InChI is InChI=1S/C11H11ClN2OS/c1-13-7-8-2-3-10(9(12)6-8)16-11-14-4-5-15-11/h2-6,13H,7H2,1H3. The van der Waals surface area contributed by atoms with E-state index in [0.717, 1.165) is 22.0 Å². The number of benzene rings is 1. The van der Waals surface area contributed by atoms with Crippen LogP contribution in [0.4, 0.5) is 0 Å². The highest BCUT2D eigenvalue weighted by Crippen LogP contribution is 2.32. The van der Waals surface area contributed by atoms with E-state index in [1.165, 1.54) is 11.8 Å². The Morgan fingerprint density at radius 1 is 1.50 bits per heavy atom. The lowest BCUT2D eigenvalue weighted by atomic mass is 10.2. The molecule has 2 aromatic rings. The first-order valence-electron chi connectivity index (χ1n) is 4.80. The van der Waals surface area contributed by atoms with Crippen LogP contribution in [-0.2, 0) is 6.54 Å². The lowest BCUT2D eigenvalue weighted by Gasteiger charge is -2.04. The molecule has 0 bridgehead atoms. The van der Waals surface area contributed by atoms with Gasteiger partial charge in [-0.2, -0.15) is 0 Å². The maximum absolute atomic E-state index is 6.16. The molecular formula is C11H11ClN2OS. The Labute approximate surface area is 103 Å². The summed E-state index contributed by atoms with van der Waals surface area (Å²) in [7, 11) is 1.91. The fourth-order valence-corrected chi connectivity index (χ4v) is 2.31. The zero-order valence-electron chi connectivity index (χ0n) is 8.74. The predicted molar refractivity (Wildman–Crippen MR) is 64.8 cm³/mol. The van der Waals surface area contributed by atoms with Gasteiger partial charge in [-0.25, -0.2) is 4.98 Å². The minimum atomic E-state index is 0.600. The zero-order chi connectivity index (χ0) is 11.4. The number of rotatable bonds is 4. The summed E-state index contributed by atoms with van der Waals surface area (Å²) in [6, 6.07) is 5.96. The molecule has 0 aliphatic carbocycles. The molecule has 0 aliphatic heterocycles. The molecule has 0 spiro atoms. The lowest BCUT2D eigenvalue weighted by molar-refractivity contribution is 0.454. The Bertz CT molecular complexity index is 459. The van der Waals surface area contributed by atoms with Crippen molar-refractivity contribution in [2.75, 3.05) is 7.05 Å². The second kappa shape index (κ2) is 5.39. The van der Waals surface area contributed by atoms with E-state index in [4.69, 9.17) is 16.0 Å². The molecular weight excluding hydrogens is 244 g/mol. The van der Waals surface area contributed by atoms with E-state index in [2.05, 4.69) is 10.3 Å². The van der Waals surface area contributed by atoms with Crippen LogP contribution in [0.2, 0.25) is 5.02 Å². The Morgan fingerprint density at radius 3 is 3.00 bits per heavy atom. The maximum Gasteiger partial charge on any atom is 0.260 e. The van der Waals surface area contributed by atoms with Gasteiger partial charge in [-0.05, 0) is 36.5 Å². The quantitative estimate of drug-likeness (QED) is 0.909. The van der Waals surface area contributed by atoms with Crippen molar-refractivity contribution in [3.8, 4) is 0 Å². The average molecular weight is 255 g/mol. The zero-order valence-corrected chi connectivity index (χ0v) is 10.3. The predicted octanol–water partition coefficient (Wildman–Crippen LogP) is 3.20. The first kappa shape index (κ1) is 11.5. The van der Waals surface area contributed by atoms with Crippen molar-refractivity contribution in [2.45, 2.75) is 16.7 Å². The van der Waals surface area contributed by atoms with Gasteiger partial charge in [0.25, 0.3) is 5.22 Å². The second-order valence-electron chi connectivity index (χ2n) is 3.20. The van der Waals surface area contributed by atoms with Crippen LogP contribution < -0.4 is 5.32 Å². The number of oxazole rings is 1. The van der Waals surface area contributed by atoms with Crippen LogP contribution in [-0.4, -0.2) is 12.0 Å². The Morgan fingerprint density at radius 2 is 2.38 bits per heavy atom. The minimum Gasteiger partial charge on any atom is -0.440 e. The third-order valence-electron chi connectivity index (χ3n) is 1.98. The molecule has 3 nitrogen and oxygen atoms in total. The van der Waals surface area contributed by atoms with Crippen molar-refractivity contribution in [1.29, 1.82) is 0 Å². The van der Waals surface area contributed by atoms with Crippen molar-refractivity contribution in [1.82, 2.24) is 10.3 Å². The molecule has 0 atom stereocenters. The summed E-state index contributed by atoms with van der Waals surface area (Å²) in [5.41, 5.74) is 1.16. The van der Waals surface area contributed by atoms with E-state index in [1.54, 1.807) is 12.5 Å². The Hall–Kier alpha value is -0.970. The molecule has 0 saturated heterocycles. The molecule has 2 rings (SSSR count). The summed E-state index contributed by atoms with van der Waals surface area (Å²) in [5.74, 6) is 0. The van der Waals surface area contributed by atoms with Gasteiger partial charge in [0.05, 0.1) is 11.2 Å². The first-order valence-corrected chi connectivity index (χ1v) is 5.99. The number of nitrogens with zero attached hydrogens (tertiary/aromatic N) is 1. The van der Waals surface area contributed by atoms with Crippen molar-refractivity contribution < 1.29 is 4.42 Å². The molecule has 16 heavy (non-hydrogen) atoms. The highest BCUT2D eigenvalue weighted by Gasteiger charge is 2.06. The van der Waals surface area contributed by atoms with Crippen molar-refractivity contribution in [3.63, 3.8) is 0 Å². The van der Waals surface area contributed by atoms with Crippen LogP contribution in [0.5, 0.6) is 0 Å². The van der Waals surface area contributed by atoms with E-state index < -0.39 is 0 Å². The van der Waals surface area contributed by atoms with Gasteiger partial charge >= 0.3 is 0 Å². The fourth-order valence-electron chi connectivity index (χ4n) is 1.30. The second-order valence-corrected chi connectivity index (χ2v) is 4.60. The first-order chi connectivity index (χ1) is 7.79. The molecule has 0 aliphatic rings. The van der Waals surface area contributed by atoms with E-state index in [-0.39, 0.29) is 0 Å². The summed E-state index contributed by atoms with van der Waals surface area (Å²) >= 11 is 7.58. The van der Waals surface area contributed by atoms with Crippen molar-refractivity contribution in [2.24, 2.45) is 0 Å². The van der Waals surface area contributed by atoms with Crippen LogP contribution >= 0.6 is 23.4 Å². The molecule has 1 N–H and O–H groups in total. The largest absolute Gasteiger partial charge is 0.440 e. The average Bonchev–Trinajstić information content (AvgIpc) is 2.75. The molecule has 0 saturated carbocycles. The number of aromatic nitrogens is 1. The highest BCUT2D eigenvalue weighted by molar-refractivity contribution is 7.99. The molecule has 1 aromatic heterocycles. The van der Waals surface area contributed by atoms with Gasteiger partial charge in [0, 0.05) is 11.4 Å². The molecule has 1 heterocycles. The van der Waals surface area contributed by atoms with Gasteiger partial charge < -0.3 is 9.73 Å². The third-order valence-corrected chi connectivity index (χ3v) is 3.36. The van der Waals surface area contributed by atoms with Crippen LogP contribution in [0.3, 0.4) is 0 Å². The smallest absolute Gasteiger partial charge is 0.260 e. The summed E-state index contributed by atoms with van der Waals surface area (Å²) in [6.07, 6.45) is 3.16. The summed E-state index contributed by atoms with van der Waals surface area (Å²) in [6.45, 7) is 0.809. The Balaban J connectivity index is 2.16. The molecule has 0 radical (unpaired) electrons.